The van der Waals surface area contributed by atoms with Crippen molar-refractivity contribution < 1.29 is 12.8 Å². The lowest BCUT2D eigenvalue weighted by Gasteiger charge is -2.19. The average Bonchev–Trinajstić information content (AvgIpc) is 3.07. The zero-order valence-electron chi connectivity index (χ0n) is 13.1. The minimum absolute atomic E-state index is 0.00732. The normalized spacial score (nSPS) is 18.5. The molecule has 0 aromatic carbocycles. The Morgan fingerprint density at radius 3 is 2.52 bits per heavy atom. The molecule has 0 bridgehead atoms. The zero-order valence-corrected chi connectivity index (χ0v) is 13.9. The van der Waals surface area contributed by atoms with E-state index in [-0.39, 0.29) is 11.1 Å². The first kappa shape index (κ1) is 16.5. The highest BCUT2D eigenvalue weighted by Crippen LogP contribution is 2.28. The molecule has 0 spiro atoms. The number of rotatable bonds is 7. The summed E-state index contributed by atoms with van der Waals surface area (Å²) in [7, 11) is -3.56. The number of furan rings is 1. The summed E-state index contributed by atoms with van der Waals surface area (Å²) in [5, 5.41) is 3.21. The minimum Gasteiger partial charge on any atom is -0.447 e. The number of sulfonamides is 1. The Labute approximate surface area is 127 Å². The standard InChI is InChI=1S/C15H26N2O3S/c1-11(2)16-10-14-8-9-15(20-14)21(18,19)17-12(3)13-6-4-5-7-13/h8-9,11-13,16-17H,4-7,10H2,1-3H3. The maximum Gasteiger partial charge on any atom is 0.274 e. The van der Waals surface area contributed by atoms with Gasteiger partial charge in [-0.05, 0) is 37.8 Å². The van der Waals surface area contributed by atoms with Gasteiger partial charge < -0.3 is 9.73 Å². The monoisotopic (exact) mass is 314 g/mol. The second kappa shape index (κ2) is 6.94. The SMILES string of the molecule is CC(C)NCc1ccc(S(=O)(=O)NC(C)C2CCCC2)o1. The van der Waals surface area contributed by atoms with Crippen molar-refractivity contribution in [3.8, 4) is 0 Å². The molecule has 0 aliphatic heterocycles. The third-order valence-electron chi connectivity index (χ3n) is 4.03. The minimum atomic E-state index is -3.56. The van der Waals surface area contributed by atoms with Crippen LogP contribution in [0.1, 0.15) is 52.2 Å². The molecule has 5 nitrogen and oxygen atoms in total. The molecular formula is C15H26N2O3S. The highest BCUT2D eigenvalue weighted by Gasteiger charge is 2.27. The molecule has 1 aliphatic rings. The van der Waals surface area contributed by atoms with Gasteiger partial charge in [0, 0.05) is 12.1 Å². The van der Waals surface area contributed by atoms with Crippen LogP contribution in [0.25, 0.3) is 0 Å². The smallest absolute Gasteiger partial charge is 0.274 e. The first-order valence-electron chi connectivity index (χ1n) is 7.73. The summed E-state index contributed by atoms with van der Waals surface area (Å²) in [5.74, 6) is 1.08. The molecule has 1 unspecified atom stereocenters. The molecule has 21 heavy (non-hydrogen) atoms. The first-order chi connectivity index (χ1) is 9.88. The lowest BCUT2D eigenvalue weighted by Crippen LogP contribution is -2.37. The van der Waals surface area contributed by atoms with Gasteiger partial charge in [-0.2, -0.15) is 0 Å². The van der Waals surface area contributed by atoms with Gasteiger partial charge >= 0.3 is 0 Å². The van der Waals surface area contributed by atoms with E-state index in [1.165, 1.54) is 18.9 Å². The summed E-state index contributed by atoms with van der Waals surface area (Å²) < 4.78 is 32.9. The van der Waals surface area contributed by atoms with Crippen LogP contribution in [0.15, 0.2) is 21.6 Å². The summed E-state index contributed by atoms with van der Waals surface area (Å²) in [6.07, 6.45) is 4.60. The molecule has 0 saturated heterocycles. The van der Waals surface area contributed by atoms with Crippen LogP contribution in [-0.4, -0.2) is 20.5 Å². The fourth-order valence-corrected chi connectivity index (χ4v) is 4.02. The maximum absolute atomic E-state index is 12.3. The van der Waals surface area contributed by atoms with Gasteiger partial charge in [0.2, 0.25) is 5.09 Å². The van der Waals surface area contributed by atoms with Crippen molar-refractivity contribution in [1.29, 1.82) is 0 Å². The summed E-state index contributed by atoms with van der Waals surface area (Å²) in [6, 6.07) is 3.53. The lowest BCUT2D eigenvalue weighted by atomic mass is 10.0. The molecular weight excluding hydrogens is 288 g/mol. The van der Waals surface area contributed by atoms with Crippen LogP contribution in [0.2, 0.25) is 0 Å². The molecule has 6 heteroatoms. The number of nitrogens with one attached hydrogen (secondary N) is 2. The third-order valence-corrected chi connectivity index (χ3v) is 5.47. The largest absolute Gasteiger partial charge is 0.447 e. The van der Waals surface area contributed by atoms with Crippen molar-refractivity contribution in [3.63, 3.8) is 0 Å². The summed E-state index contributed by atoms with van der Waals surface area (Å²) in [5.41, 5.74) is 0. The molecule has 1 aliphatic carbocycles. The van der Waals surface area contributed by atoms with Crippen molar-refractivity contribution in [2.24, 2.45) is 5.92 Å². The van der Waals surface area contributed by atoms with E-state index in [4.69, 9.17) is 4.42 Å². The Morgan fingerprint density at radius 2 is 1.90 bits per heavy atom. The zero-order chi connectivity index (χ0) is 15.5. The Kier molecular flexibility index (Phi) is 5.46. The Hall–Kier alpha value is -0.850. The van der Waals surface area contributed by atoms with E-state index in [0.29, 0.717) is 24.3 Å². The van der Waals surface area contributed by atoms with Crippen LogP contribution in [0.4, 0.5) is 0 Å². The van der Waals surface area contributed by atoms with Crippen molar-refractivity contribution in [2.75, 3.05) is 0 Å². The molecule has 2 rings (SSSR count). The van der Waals surface area contributed by atoms with Gasteiger partial charge in [-0.15, -0.1) is 0 Å². The van der Waals surface area contributed by atoms with Crippen LogP contribution >= 0.6 is 0 Å². The summed E-state index contributed by atoms with van der Waals surface area (Å²) in [6.45, 7) is 6.54. The number of hydrogen-bond acceptors (Lipinski definition) is 4. The highest BCUT2D eigenvalue weighted by atomic mass is 32.2. The van der Waals surface area contributed by atoms with E-state index in [0.717, 1.165) is 12.8 Å². The van der Waals surface area contributed by atoms with E-state index in [1.54, 1.807) is 6.07 Å². The van der Waals surface area contributed by atoms with E-state index in [2.05, 4.69) is 10.0 Å². The lowest BCUT2D eigenvalue weighted by molar-refractivity contribution is 0.382. The average molecular weight is 314 g/mol. The summed E-state index contributed by atoms with van der Waals surface area (Å²) in [4.78, 5) is 0. The van der Waals surface area contributed by atoms with Crippen LogP contribution < -0.4 is 10.0 Å². The van der Waals surface area contributed by atoms with Crippen LogP contribution in [0.3, 0.4) is 0 Å². The molecule has 1 saturated carbocycles. The second-order valence-electron chi connectivity index (χ2n) is 6.21. The van der Waals surface area contributed by atoms with Crippen molar-refractivity contribution >= 4 is 10.0 Å². The van der Waals surface area contributed by atoms with Crippen LogP contribution in [0.5, 0.6) is 0 Å². The molecule has 2 N–H and O–H groups in total. The van der Waals surface area contributed by atoms with E-state index >= 15 is 0 Å². The van der Waals surface area contributed by atoms with E-state index < -0.39 is 10.0 Å². The van der Waals surface area contributed by atoms with Gasteiger partial charge in [-0.3, -0.25) is 0 Å². The van der Waals surface area contributed by atoms with Crippen molar-refractivity contribution in [3.05, 3.63) is 17.9 Å². The van der Waals surface area contributed by atoms with Crippen LogP contribution in [-0.2, 0) is 16.6 Å². The molecule has 1 fully saturated rings. The fraction of sp³-hybridized carbons (Fsp3) is 0.733. The van der Waals surface area contributed by atoms with Gasteiger partial charge in [0.1, 0.15) is 5.76 Å². The molecule has 1 aromatic heterocycles. The molecule has 0 amide bonds. The van der Waals surface area contributed by atoms with E-state index in [1.807, 2.05) is 20.8 Å². The van der Waals surface area contributed by atoms with Gasteiger partial charge in [0.15, 0.2) is 0 Å². The Balaban J connectivity index is 1.98. The molecule has 120 valence electrons. The predicted molar refractivity (Wildman–Crippen MR) is 82.4 cm³/mol. The van der Waals surface area contributed by atoms with Crippen molar-refractivity contribution in [1.82, 2.24) is 10.0 Å². The second-order valence-corrected chi connectivity index (χ2v) is 7.86. The van der Waals surface area contributed by atoms with Gasteiger partial charge in [-0.25, -0.2) is 13.1 Å². The quantitative estimate of drug-likeness (QED) is 0.811. The number of hydrogen-bond donors (Lipinski definition) is 2. The van der Waals surface area contributed by atoms with Crippen LogP contribution in [0, 0.1) is 5.92 Å². The van der Waals surface area contributed by atoms with Crippen molar-refractivity contribution in [2.45, 2.75) is 70.2 Å². The fourth-order valence-electron chi connectivity index (χ4n) is 2.76. The molecule has 1 aromatic rings. The molecule has 1 heterocycles. The summed E-state index contributed by atoms with van der Waals surface area (Å²) >= 11 is 0. The predicted octanol–water partition coefficient (Wildman–Crippen LogP) is 2.63. The highest BCUT2D eigenvalue weighted by molar-refractivity contribution is 7.89. The van der Waals surface area contributed by atoms with Gasteiger partial charge in [0.25, 0.3) is 10.0 Å². The third kappa shape index (κ3) is 4.56. The van der Waals surface area contributed by atoms with E-state index in [9.17, 15) is 8.42 Å². The Bertz CT molecular complexity index is 545. The topological polar surface area (TPSA) is 71.3 Å². The maximum atomic E-state index is 12.3. The molecule has 1 atom stereocenters. The Morgan fingerprint density at radius 1 is 1.24 bits per heavy atom. The van der Waals surface area contributed by atoms with Gasteiger partial charge in [0.05, 0.1) is 6.54 Å². The first-order valence-corrected chi connectivity index (χ1v) is 9.21. The van der Waals surface area contributed by atoms with Gasteiger partial charge in [-0.1, -0.05) is 26.7 Å². The molecule has 0 radical (unpaired) electrons.